The number of piperazine rings is 1. The van der Waals surface area contributed by atoms with E-state index in [0.29, 0.717) is 6.42 Å². The average molecular weight is 232 g/mol. The highest BCUT2D eigenvalue weighted by molar-refractivity contribution is 6.03. The molecule has 1 unspecified atom stereocenters. The molecule has 17 heavy (non-hydrogen) atoms. The number of amides is 2. The second kappa shape index (κ2) is 4.30. The van der Waals surface area contributed by atoms with Gasteiger partial charge in [-0.1, -0.05) is 37.3 Å². The van der Waals surface area contributed by atoms with E-state index in [1.807, 2.05) is 49.2 Å². The molecule has 1 aromatic rings. The molecule has 1 N–H and O–H groups in total. The molecular formula is C13H16N2O2. The molecule has 1 aliphatic heterocycles. The van der Waals surface area contributed by atoms with Gasteiger partial charge in [-0.25, -0.2) is 0 Å². The number of nitrogens with zero attached hydrogens (tertiary/aromatic N) is 1. The number of carbonyl (C=O) groups excluding carboxylic acids is 2. The summed E-state index contributed by atoms with van der Waals surface area (Å²) in [7, 11) is 1.81. The largest absolute Gasteiger partial charge is 0.293 e. The number of nitrogens with one attached hydrogen (secondary N) is 1. The highest BCUT2D eigenvalue weighted by Crippen LogP contribution is 2.33. The summed E-state index contributed by atoms with van der Waals surface area (Å²) < 4.78 is 0. The minimum absolute atomic E-state index is 0.232. The molecule has 1 aliphatic rings. The Bertz CT molecular complexity index is 444. The minimum atomic E-state index is -0.727. The molecule has 0 saturated carbocycles. The highest BCUT2D eigenvalue weighted by atomic mass is 16.2. The molecule has 1 heterocycles. The zero-order valence-electron chi connectivity index (χ0n) is 10.1. The van der Waals surface area contributed by atoms with Gasteiger partial charge < -0.3 is 0 Å². The Hall–Kier alpha value is -1.68. The molecule has 4 heteroatoms. The lowest BCUT2D eigenvalue weighted by Gasteiger charge is -2.42. The van der Waals surface area contributed by atoms with Gasteiger partial charge >= 0.3 is 0 Å². The van der Waals surface area contributed by atoms with E-state index in [0.717, 1.165) is 5.56 Å². The van der Waals surface area contributed by atoms with Gasteiger partial charge in [0.05, 0.1) is 6.54 Å². The van der Waals surface area contributed by atoms with Gasteiger partial charge in [0.1, 0.15) is 5.54 Å². The van der Waals surface area contributed by atoms with Crippen molar-refractivity contribution in [2.75, 3.05) is 13.6 Å². The van der Waals surface area contributed by atoms with E-state index in [9.17, 15) is 9.59 Å². The van der Waals surface area contributed by atoms with Crippen LogP contribution in [0.2, 0.25) is 0 Å². The summed E-state index contributed by atoms with van der Waals surface area (Å²) in [5.74, 6) is -0.470. The molecule has 1 aromatic carbocycles. The van der Waals surface area contributed by atoms with E-state index < -0.39 is 5.54 Å². The minimum Gasteiger partial charge on any atom is -0.293 e. The Labute approximate surface area is 101 Å². The molecule has 2 amide bonds. The first-order valence-electron chi connectivity index (χ1n) is 5.72. The maximum atomic E-state index is 12.2. The average Bonchev–Trinajstić information content (AvgIpc) is 2.30. The highest BCUT2D eigenvalue weighted by Gasteiger charge is 2.46. The first kappa shape index (κ1) is 11.8. The molecule has 0 spiro atoms. The Morgan fingerprint density at radius 2 is 1.94 bits per heavy atom. The summed E-state index contributed by atoms with van der Waals surface area (Å²) in [5, 5.41) is 2.43. The molecule has 2 rings (SSSR count). The predicted octanol–water partition coefficient (Wildman–Crippen LogP) is 0.880. The lowest BCUT2D eigenvalue weighted by Crippen LogP contribution is -2.63. The SMILES string of the molecule is CCC1(c2ccccc2)C(=O)NC(=O)CN1C. The van der Waals surface area contributed by atoms with Crippen LogP contribution >= 0.6 is 0 Å². The number of rotatable bonds is 2. The van der Waals surface area contributed by atoms with Crippen molar-refractivity contribution in [1.82, 2.24) is 10.2 Å². The normalized spacial score (nSPS) is 25.8. The number of imide groups is 1. The van der Waals surface area contributed by atoms with Crippen molar-refractivity contribution in [2.24, 2.45) is 0 Å². The van der Waals surface area contributed by atoms with Gasteiger partial charge in [0.15, 0.2) is 0 Å². The Morgan fingerprint density at radius 3 is 2.47 bits per heavy atom. The first-order chi connectivity index (χ1) is 8.11. The van der Waals surface area contributed by atoms with Crippen molar-refractivity contribution >= 4 is 11.8 Å². The Morgan fingerprint density at radius 1 is 1.29 bits per heavy atom. The van der Waals surface area contributed by atoms with Crippen molar-refractivity contribution < 1.29 is 9.59 Å². The van der Waals surface area contributed by atoms with E-state index >= 15 is 0 Å². The molecule has 1 fully saturated rings. The van der Waals surface area contributed by atoms with Crippen molar-refractivity contribution in [3.05, 3.63) is 35.9 Å². The second-order valence-corrected chi connectivity index (χ2v) is 4.31. The van der Waals surface area contributed by atoms with E-state index in [4.69, 9.17) is 0 Å². The number of carbonyl (C=O) groups is 2. The van der Waals surface area contributed by atoms with Crippen molar-refractivity contribution in [3.8, 4) is 0 Å². The van der Waals surface area contributed by atoms with Gasteiger partial charge in [0.2, 0.25) is 5.91 Å². The topological polar surface area (TPSA) is 49.4 Å². The molecule has 90 valence electrons. The quantitative estimate of drug-likeness (QED) is 0.770. The lowest BCUT2D eigenvalue weighted by molar-refractivity contribution is -0.146. The second-order valence-electron chi connectivity index (χ2n) is 4.31. The van der Waals surface area contributed by atoms with E-state index in [1.54, 1.807) is 0 Å². The fourth-order valence-corrected chi connectivity index (χ4v) is 2.49. The van der Waals surface area contributed by atoms with Gasteiger partial charge in [-0.2, -0.15) is 0 Å². The molecule has 1 saturated heterocycles. The van der Waals surface area contributed by atoms with Crippen LogP contribution < -0.4 is 5.32 Å². The molecule has 0 aromatic heterocycles. The van der Waals surface area contributed by atoms with Crippen LogP contribution in [0.15, 0.2) is 30.3 Å². The summed E-state index contributed by atoms with van der Waals surface area (Å²) in [6, 6.07) is 9.58. The maximum absolute atomic E-state index is 12.2. The zero-order valence-corrected chi connectivity index (χ0v) is 10.1. The third kappa shape index (κ3) is 1.74. The van der Waals surface area contributed by atoms with Gasteiger partial charge in [0, 0.05) is 0 Å². The fraction of sp³-hybridized carbons (Fsp3) is 0.385. The van der Waals surface area contributed by atoms with Crippen LogP contribution in [-0.4, -0.2) is 30.3 Å². The smallest absolute Gasteiger partial charge is 0.251 e. The van der Waals surface area contributed by atoms with Gasteiger partial charge in [0.25, 0.3) is 5.91 Å². The van der Waals surface area contributed by atoms with Crippen LogP contribution in [0.1, 0.15) is 18.9 Å². The van der Waals surface area contributed by atoms with E-state index in [2.05, 4.69) is 5.32 Å². The molecule has 0 bridgehead atoms. The number of hydrogen-bond donors (Lipinski definition) is 1. The van der Waals surface area contributed by atoms with Gasteiger partial charge in [-0.05, 0) is 19.0 Å². The summed E-state index contributed by atoms with van der Waals surface area (Å²) in [5.41, 5.74) is 0.199. The third-order valence-electron chi connectivity index (χ3n) is 3.42. The predicted molar refractivity (Wildman–Crippen MR) is 64.2 cm³/mol. The lowest BCUT2D eigenvalue weighted by atomic mass is 9.83. The molecule has 0 aliphatic carbocycles. The van der Waals surface area contributed by atoms with Crippen LogP contribution in [0.4, 0.5) is 0 Å². The molecule has 1 atom stereocenters. The van der Waals surface area contributed by atoms with E-state index in [1.165, 1.54) is 0 Å². The van der Waals surface area contributed by atoms with Crippen LogP contribution in [0.25, 0.3) is 0 Å². The van der Waals surface area contributed by atoms with Gasteiger partial charge in [-0.3, -0.25) is 19.8 Å². The van der Waals surface area contributed by atoms with Crippen LogP contribution in [0, 0.1) is 0 Å². The summed E-state index contributed by atoms with van der Waals surface area (Å²) in [6.07, 6.45) is 0.632. The molecular weight excluding hydrogens is 216 g/mol. The maximum Gasteiger partial charge on any atom is 0.251 e. The molecule has 4 nitrogen and oxygen atoms in total. The number of likely N-dealkylation sites (N-methyl/N-ethyl adjacent to an activating group) is 1. The van der Waals surface area contributed by atoms with Gasteiger partial charge in [-0.15, -0.1) is 0 Å². The summed E-state index contributed by atoms with van der Waals surface area (Å²) in [6.45, 7) is 2.20. The summed E-state index contributed by atoms with van der Waals surface area (Å²) >= 11 is 0. The van der Waals surface area contributed by atoms with Crippen LogP contribution in [-0.2, 0) is 15.1 Å². The van der Waals surface area contributed by atoms with E-state index in [-0.39, 0.29) is 18.4 Å². The standard InChI is InChI=1S/C13H16N2O2/c1-3-13(10-7-5-4-6-8-10)12(17)14-11(16)9-15(13)2/h4-8H,3,9H2,1-2H3,(H,14,16,17). The summed E-state index contributed by atoms with van der Waals surface area (Å²) in [4.78, 5) is 25.4. The third-order valence-corrected chi connectivity index (χ3v) is 3.42. The van der Waals surface area contributed by atoms with Crippen LogP contribution in [0.5, 0.6) is 0 Å². The number of hydrogen-bond acceptors (Lipinski definition) is 3. The number of benzene rings is 1. The first-order valence-corrected chi connectivity index (χ1v) is 5.72. The monoisotopic (exact) mass is 232 g/mol. The van der Waals surface area contributed by atoms with Crippen molar-refractivity contribution in [3.63, 3.8) is 0 Å². The van der Waals surface area contributed by atoms with Crippen molar-refractivity contribution in [2.45, 2.75) is 18.9 Å². The van der Waals surface area contributed by atoms with Crippen LogP contribution in [0.3, 0.4) is 0 Å². The molecule has 0 radical (unpaired) electrons. The Balaban J connectivity index is 2.49. The fourth-order valence-electron chi connectivity index (χ4n) is 2.49. The Kier molecular flexibility index (Phi) is 2.98. The zero-order chi connectivity index (χ0) is 12.5. The van der Waals surface area contributed by atoms with Crippen molar-refractivity contribution in [1.29, 1.82) is 0 Å².